The highest BCUT2D eigenvalue weighted by molar-refractivity contribution is 6.09. The normalized spacial score (nSPS) is 15.6. The molecule has 1 aliphatic heterocycles. The summed E-state index contributed by atoms with van der Waals surface area (Å²) < 4.78 is 10.8. The highest BCUT2D eigenvalue weighted by atomic mass is 16.5. The second kappa shape index (κ2) is 4.16. The molecule has 2 heterocycles. The van der Waals surface area contributed by atoms with Gasteiger partial charge in [-0.25, -0.2) is 0 Å². The summed E-state index contributed by atoms with van der Waals surface area (Å²) in [6.07, 6.45) is 3.77. The molecule has 3 nitrogen and oxygen atoms in total. The highest BCUT2D eigenvalue weighted by Crippen LogP contribution is 2.25. The number of ketones is 1. The zero-order valence-electron chi connectivity index (χ0n) is 9.92. The summed E-state index contributed by atoms with van der Waals surface area (Å²) in [4.78, 5) is 12.2. The number of hydrogen-bond acceptors (Lipinski definition) is 3. The first-order valence-corrected chi connectivity index (χ1v) is 5.55. The zero-order valence-corrected chi connectivity index (χ0v) is 9.92. The monoisotopic (exact) mass is 220 g/mol. The maximum Gasteiger partial charge on any atom is 0.230 e. The largest absolute Gasteiger partial charge is 0.490 e. The van der Waals surface area contributed by atoms with Crippen molar-refractivity contribution in [2.45, 2.75) is 33.6 Å². The molecule has 1 aromatic rings. The Morgan fingerprint density at radius 2 is 2.00 bits per heavy atom. The van der Waals surface area contributed by atoms with Crippen molar-refractivity contribution in [3.63, 3.8) is 0 Å². The van der Waals surface area contributed by atoms with E-state index in [0.29, 0.717) is 23.7 Å². The summed E-state index contributed by atoms with van der Waals surface area (Å²) in [5, 5.41) is 0. The van der Waals surface area contributed by atoms with Crippen molar-refractivity contribution in [1.82, 2.24) is 0 Å². The van der Waals surface area contributed by atoms with Crippen molar-refractivity contribution in [1.29, 1.82) is 0 Å². The minimum Gasteiger partial charge on any atom is -0.490 e. The first kappa shape index (κ1) is 11.0. The number of allylic oxidation sites excluding steroid dienone is 2. The van der Waals surface area contributed by atoms with Crippen molar-refractivity contribution < 1.29 is 13.9 Å². The molecule has 86 valence electrons. The SMILES string of the molecule is Cc1oc(C)c(C(=O)C2=CCCCO2)c1C. The van der Waals surface area contributed by atoms with Crippen LogP contribution >= 0.6 is 0 Å². The van der Waals surface area contributed by atoms with Crippen LogP contribution in [0.5, 0.6) is 0 Å². The van der Waals surface area contributed by atoms with Crippen LogP contribution in [0.4, 0.5) is 0 Å². The lowest BCUT2D eigenvalue weighted by Gasteiger charge is -2.13. The quantitative estimate of drug-likeness (QED) is 0.719. The summed E-state index contributed by atoms with van der Waals surface area (Å²) in [6, 6.07) is 0. The fourth-order valence-electron chi connectivity index (χ4n) is 1.97. The molecule has 0 unspecified atom stereocenters. The molecule has 3 heteroatoms. The van der Waals surface area contributed by atoms with Gasteiger partial charge in [0.25, 0.3) is 0 Å². The van der Waals surface area contributed by atoms with E-state index in [1.165, 1.54) is 0 Å². The van der Waals surface area contributed by atoms with E-state index in [1.807, 2.05) is 26.8 Å². The van der Waals surface area contributed by atoms with Crippen LogP contribution in [0.1, 0.15) is 40.3 Å². The molecule has 0 fully saturated rings. The molecule has 2 rings (SSSR count). The maximum atomic E-state index is 12.2. The van der Waals surface area contributed by atoms with E-state index < -0.39 is 0 Å². The molecule has 1 aliphatic rings. The average Bonchev–Trinajstić information content (AvgIpc) is 2.54. The van der Waals surface area contributed by atoms with E-state index in [0.717, 1.165) is 24.2 Å². The van der Waals surface area contributed by atoms with Crippen molar-refractivity contribution in [2.24, 2.45) is 0 Å². The van der Waals surface area contributed by atoms with Crippen LogP contribution in [0.3, 0.4) is 0 Å². The highest BCUT2D eigenvalue weighted by Gasteiger charge is 2.23. The number of aryl methyl sites for hydroxylation is 2. The van der Waals surface area contributed by atoms with Crippen LogP contribution in [0.25, 0.3) is 0 Å². The molecule has 0 saturated carbocycles. The van der Waals surface area contributed by atoms with Gasteiger partial charge in [-0.1, -0.05) is 0 Å². The Balaban J connectivity index is 2.37. The van der Waals surface area contributed by atoms with Gasteiger partial charge in [0.05, 0.1) is 12.2 Å². The molecule has 0 N–H and O–H groups in total. The van der Waals surface area contributed by atoms with Crippen LogP contribution in [0, 0.1) is 20.8 Å². The van der Waals surface area contributed by atoms with Gasteiger partial charge < -0.3 is 9.15 Å². The molecule has 0 bridgehead atoms. The third-order valence-corrected chi connectivity index (χ3v) is 2.95. The topological polar surface area (TPSA) is 39.4 Å². The van der Waals surface area contributed by atoms with Crippen LogP contribution < -0.4 is 0 Å². The van der Waals surface area contributed by atoms with Crippen molar-refractivity contribution in [3.8, 4) is 0 Å². The van der Waals surface area contributed by atoms with E-state index in [4.69, 9.17) is 9.15 Å². The molecule has 0 amide bonds. The van der Waals surface area contributed by atoms with Gasteiger partial charge >= 0.3 is 0 Å². The Morgan fingerprint density at radius 3 is 2.50 bits per heavy atom. The van der Waals surface area contributed by atoms with Crippen molar-refractivity contribution >= 4 is 5.78 Å². The third-order valence-electron chi connectivity index (χ3n) is 2.95. The Bertz CT molecular complexity index is 452. The molecule has 0 atom stereocenters. The fourth-order valence-corrected chi connectivity index (χ4v) is 1.97. The van der Waals surface area contributed by atoms with Gasteiger partial charge in [0.1, 0.15) is 11.5 Å². The Morgan fingerprint density at radius 1 is 1.25 bits per heavy atom. The van der Waals surface area contributed by atoms with Gasteiger partial charge in [-0.3, -0.25) is 4.79 Å². The maximum absolute atomic E-state index is 12.2. The predicted octanol–water partition coefficient (Wildman–Crippen LogP) is 3.08. The minimum absolute atomic E-state index is 0.0495. The molecule has 0 saturated heterocycles. The molecular formula is C13H16O3. The van der Waals surface area contributed by atoms with Crippen molar-refractivity contribution in [2.75, 3.05) is 6.61 Å². The van der Waals surface area contributed by atoms with Crippen LogP contribution in [0.2, 0.25) is 0 Å². The van der Waals surface area contributed by atoms with Gasteiger partial charge in [0.2, 0.25) is 5.78 Å². The number of carbonyl (C=O) groups is 1. The molecule has 0 aliphatic carbocycles. The van der Waals surface area contributed by atoms with Crippen LogP contribution in [-0.4, -0.2) is 12.4 Å². The second-order valence-corrected chi connectivity index (χ2v) is 4.10. The number of ether oxygens (including phenoxy) is 1. The number of hydrogen-bond donors (Lipinski definition) is 0. The van der Waals surface area contributed by atoms with E-state index in [2.05, 4.69) is 0 Å². The fraction of sp³-hybridized carbons (Fsp3) is 0.462. The Labute approximate surface area is 95.1 Å². The van der Waals surface area contributed by atoms with E-state index in [-0.39, 0.29) is 5.78 Å². The zero-order chi connectivity index (χ0) is 11.7. The summed E-state index contributed by atoms with van der Waals surface area (Å²) >= 11 is 0. The third kappa shape index (κ3) is 1.77. The van der Waals surface area contributed by atoms with E-state index in [1.54, 1.807) is 0 Å². The molecule has 0 spiro atoms. The number of carbonyl (C=O) groups excluding carboxylic acids is 1. The second-order valence-electron chi connectivity index (χ2n) is 4.10. The lowest BCUT2D eigenvalue weighted by Crippen LogP contribution is -2.12. The predicted molar refractivity (Wildman–Crippen MR) is 60.5 cm³/mol. The molecule has 1 aromatic heterocycles. The van der Waals surface area contributed by atoms with Crippen LogP contribution in [-0.2, 0) is 4.74 Å². The van der Waals surface area contributed by atoms with Gasteiger partial charge in [-0.05, 0) is 39.7 Å². The Kier molecular flexibility index (Phi) is 2.86. The summed E-state index contributed by atoms with van der Waals surface area (Å²) in [7, 11) is 0. The Hall–Kier alpha value is -1.51. The summed E-state index contributed by atoms with van der Waals surface area (Å²) in [6.45, 7) is 6.22. The van der Waals surface area contributed by atoms with Gasteiger partial charge in [0, 0.05) is 5.56 Å². The number of furan rings is 1. The van der Waals surface area contributed by atoms with Crippen molar-refractivity contribution in [3.05, 3.63) is 34.5 Å². The van der Waals surface area contributed by atoms with E-state index in [9.17, 15) is 4.79 Å². The molecule has 0 aromatic carbocycles. The lowest BCUT2D eigenvalue weighted by molar-refractivity contribution is 0.0897. The van der Waals surface area contributed by atoms with E-state index >= 15 is 0 Å². The lowest BCUT2D eigenvalue weighted by atomic mass is 10.0. The standard InChI is InChI=1S/C13H16O3/c1-8-9(2)16-10(3)12(8)13(14)11-6-4-5-7-15-11/h6H,4-5,7H2,1-3H3. The molecule has 0 radical (unpaired) electrons. The summed E-state index contributed by atoms with van der Waals surface area (Å²) in [5.41, 5.74) is 1.57. The smallest absolute Gasteiger partial charge is 0.230 e. The first-order valence-electron chi connectivity index (χ1n) is 5.55. The molecule has 16 heavy (non-hydrogen) atoms. The van der Waals surface area contributed by atoms with Gasteiger partial charge in [-0.2, -0.15) is 0 Å². The minimum atomic E-state index is -0.0495. The molecular weight excluding hydrogens is 204 g/mol. The average molecular weight is 220 g/mol. The number of Topliss-reactive ketones (excluding diaryl/α,β-unsaturated/α-hetero) is 1. The van der Waals surface area contributed by atoms with Gasteiger partial charge in [0.15, 0.2) is 5.76 Å². The summed E-state index contributed by atoms with van der Waals surface area (Å²) in [5.74, 6) is 1.90. The number of rotatable bonds is 2. The van der Waals surface area contributed by atoms with Gasteiger partial charge in [-0.15, -0.1) is 0 Å². The first-order chi connectivity index (χ1) is 7.61. The van der Waals surface area contributed by atoms with Crippen LogP contribution in [0.15, 0.2) is 16.3 Å².